The first-order valence-electron chi connectivity index (χ1n) is 10.8. The second kappa shape index (κ2) is 10.7. The highest BCUT2D eigenvalue weighted by Gasteiger charge is 2.23. The van der Waals surface area contributed by atoms with Crippen LogP contribution in [-0.4, -0.2) is 71.6 Å². The molecule has 0 aromatic heterocycles. The lowest BCUT2D eigenvalue weighted by Gasteiger charge is -2.31. The molecule has 1 heterocycles. The van der Waals surface area contributed by atoms with Crippen molar-refractivity contribution in [3.8, 4) is 0 Å². The summed E-state index contributed by atoms with van der Waals surface area (Å²) in [4.78, 5) is 28.2. The van der Waals surface area contributed by atoms with Crippen LogP contribution in [0.5, 0.6) is 0 Å². The maximum absolute atomic E-state index is 13.2. The predicted molar refractivity (Wildman–Crippen MR) is 127 cm³/mol. The molecule has 0 aliphatic carbocycles. The first-order valence-corrected chi connectivity index (χ1v) is 12.3. The van der Waals surface area contributed by atoms with Crippen molar-refractivity contribution < 1.29 is 22.7 Å². The molecule has 1 amide bonds. The maximum atomic E-state index is 13.2. The number of piperazine rings is 1. The number of hydrogen-bond acceptors (Lipinski definition) is 7. The van der Waals surface area contributed by atoms with Gasteiger partial charge in [-0.15, -0.1) is 0 Å². The third-order valence-electron chi connectivity index (χ3n) is 5.35. The molecule has 0 bridgehead atoms. The molecule has 2 N–H and O–H groups in total. The predicted octanol–water partition coefficient (Wildman–Crippen LogP) is 1.84. The summed E-state index contributed by atoms with van der Waals surface area (Å²) in [6, 6.07) is 11.6. The van der Waals surface area contributed by atoms with Crippen molar-refractivity contribution in [2.75, 3.05) is 56.0 Å². The van der Waals surface area contributed by atoms with Crippen molar-refractivity contribution in [3.63, 3.8) is 0 Å². The van der Waals surface area contributed by atoms with Gasteiger partial charge in [-0.1, -0.05) is 18.2 Å². The Bertz CT molecular complexity index is 1110. The standard InChI is InChI=1S/C23H30N4O5S/c1-4-32-22(28)16-26(3)23(29)18-9-10-20(27-13-11-24-12-14-27)19(15-18)25-33(30,31)21-8-6-5-7-17(21)2/h5-10,15,24-25H,4,11-14,16H2,1-3H3. The van der Waals surface area contributed by atoms with Crippen molar-refractivity contribution in [1.29, 1.82) is 0 Å². The molecule has 1 fully saturated rings. The normalized spacial score (nSPS) is 14.0. The minimum absolute atomic E-state index is 0.174. The van der Waals surface area contributed by atoms with E-state index in [0.717, 1.165) is 13.1 Å². The summed E-state index contributed by atoms with van der Waals surface area (Å²) >= 11 is 0. The molecule has 0 unspecified atom stereocenters. The van der Waals surface area contributed by atoms with Crippen LogP contribution >= 0.6 is 0 Å². The van der Waals surface area contributed by atoms with Crippen LogP contribution in [0.1, 0.15) is 22.8 Å². The van der Waals surface area contributed by atoms with Gasteiger partial charge in [0.25, 0.3) is 15.9 Å². The molecule has 33 heavy (non-hydrogen) atoms. The molecule has 1 saturated heterocycles. The van der Waals surface area contributed by atoms with Crippen LogP contribution in [0.3, 0.4) is 0 Å². The second-order valence-electron chi connectivity index (χ2n) is 7.81. The summed E-state index contributed by atoms with van der Waals surface area (Å²) in [7, 11) is -2.38. The number of esters is 1. The van der Waals surface area contributed by atoms with E-state index in [1.807, 2.05) is 0 Å². The summed E-state index contributed by atoms with van der Waals surface area (Å²) < 4.78 is 34.0. The fourth-order valence-corrected chi connectivity index (χ4v) is 5.00. The van der Waals surface area contributed by atoms with Crippen molar-refractivity contribution in [2.24, 2.45) is 0 Å². The molecule has 0 atom stereocenters. The molecule has 1 aliphatic rings. The molecule has 178 valence electrons. The number of nitrogens with zero attached hydrogens (tertiary/aromatic N) is 2. The summed E-state index contributed by atoms with van der Waals surface area (Å²) in [6.07, 6.45) is 0. The highest BCUT2D eigenvalue weighted by Crippen LogP contribution is 2.31. The lowest BCUT2D eigenvalue weighted by Crippen LogP contribution is -2.43. The van der Waals surface area contributed by atoms with Gasteiger partial charge >= 0.3 is 5.97 Å². The third-order valence-corrected chi connectivity index (χ3v) is 6.87. The molecule has 2 aromatic rings. The quantitative estimate of drug-likeness (QED) is 0.562. The summed E-state index contributed by atoms with van der Waals surface area (Å²) in [5, 5.41) is 3.27. The van der Waals surface area contributed by atoms with Crippen LogP contribution in [0.4, 0.5) is 11.4 Å². The number of sulfonamides is 1. The van der Waals surface area contributed by atoms with Crippen molar-refractivity contribution in [2.45, 2.75) is 18.7 Å². The largest absolute Gasteiger partial charge is 0.465 e. The Hall–Kier alpha value is -3.11. The van der Waals surface area contributed by atoms with Gasteiger partial charge in [0, 0.05) is 38.8 Å². The average molecular weight is 475 g/mol. The number of nitrogens with one attached hydrogen (secondary N) is 2. The number of anilines is 2. The van der Waals surface area contributed by atoms with Crippen LogP contribution in [-0.2, 0) is 19.6 Å². The summed E-state index contributed by atoms with van der Waals surface area (Å²) in [5.74, 6) is -0.919. The minimum Gasteiger partial charge on any atom is -0.465 e. The number of aryl methyl sites for hydroxylation is 1. The fourth-order valence-electron chi connectivity index (χ4n) is 3.68. The van der Waals surface area contributed by atoms with Gasteiger partial charge in [-0.25, -0.2) is 8.42 Å². The zero-order chi connectivity index (χ0) is 24.0. The Morgan fingerprint density at radius 1 is 1.15 bits per heavy atom. The molecule has 9 nitrogen and oxygen atoms in total. The Balaban J connectivity index is 1.95. The van der Waals surface area contributed by atoms with Crippen LogP contribution in [0.2, 0.25) is 0 Å². The Morgan fingerprint density at radius 2 is 1.85 bits per heavy atom. The Kier molecular flexibility index (Phi) is 7.93. The molecule has 1 aliphatic heterocycles. The van der Waals surface area contributed by atoms with Crippen LogP contribution in [0.15, 0.2) is 47.4 Å². The third kappa shape index (κ3) is 6.02. The van der Waals surface area contributed by atoms with E-state index in [1.54, 1.807) is 50.2 Å². The van der Waals surface area contributed by atoms with E-state index < -0.39 is 21.9 Å². The van der Waals surface area contributed by atoms with E-state index in [4.69, 9.17) is 4.74 Å². The molecule has 3 rings (SSSR count). The van der Waals surface area contributed by atoms with Crippen LogP contribution in [0.25, 0.3) is 0 Å². The van der Waals surface area contributed by atoms with Gasteiger partial charge in [-0.3, -0.25) is 14.3 Å². The first kappa shape index (κ1) is 24.5. The second-order valence-corrected chi connectivity index (χ2v) is 9.46. The van der Waals surface area contributed by atoms with Gasteiger partial charge in [0.05, 0.1) is 22.9 Å². The molecular weight excluding hydrogens is 444 g/mol. The van der Waals surface area contributed by atoms with Gasteiger partial charge in [0.2, 0.25) is 0 Å². The summed E-state index contributed by atoms with van der Waals surface area (Å²) in [5.41, 5.74) is 1.90. The van der Waals surface area contributed by atoms with Gasteiger partial charge in [0.1, 0.15) is 6.54 Å². The number of hydrogen-bond donors (Lipinski definition) is 2. The summed E-state index contributed by atoms with van der Waals surface area (Å²) in [6.45, 7) is 6.41. The van der Waals surface area contributed by atoms with Crippen molar-refractivity contribution >= 4 is 33.3 Å². The van der Waals surface area contributed by atoms with Gasteiger partial charge in [-0.05, 0) is 43.7 Å². The van der Waals surface area contributed by atoms with E-state index in [1.165, 1.54) is 18.0 Å². The van der Waals surface area contributed by atoms with E-state index in [-0.39, 0.29) is 23.6 Å². The number of amides is 1. The number of benzene rings is 2. The molecule has 0 spiro atoms. The molecular formula is C23H30N4O5S. The lowest BCUT2D eigenvalue weighted by molar-refractivity contribution is -0.143. The van der Waals surface area contributed by atoms with E-state index in [9.17, 15) is 18.0 Å². The number of rotatable bonds is 8. The topological polar surface area (TPSA) is 108 Å². The molecule has 10 heteroatoms. The zero-order valence-electron chi connectivity index (χ0n) is 19.1. The average Bonchev–Trinajstić information content (AvgIpc) is 2.79. The van der Waals surface area contributed by atoms with Crippen molar-refractivity contribution in [3.05, 3.63) is 53.6 Å². The smallest absolute Gasteiger partial charge is 0.325 e. The molecule has 0 radical (unpaired) electrons. The molecule has 0 saturated carbocycles. The SMILES string of the molecule is CCOC(=O)CN(C)C(=O)c1ccc(N2CCNCC2)c(NS(=O)(=O)c2ccccc2C)c1. The highest BCUT2D eigenvalue weighted by molar-refractivity contribution is 7.92. The van der Waals surface area contributed by atoms with E-state index in [2.05, 4.69) is 14.9 Å². The van der Waals surface area contributed by atoms with E-state index >= 15 is 0 Å². The zero-order valence-corrected chi connectivity index (χ0v) is 19.9. The number of ether oxygens (including phenoxy) is 1. The van der Waals surface area contributed by atoms with Gasteiger partial charge in [0.15, 0.2) is 0 Å². The number of likely N-dealkylation sites (N-methyl/N-ethyl adjacent to an activating group) is 1. The number of carbonyl (C=O) groups is 2. The van der Waals surface area contributed by atoms with Gasteiger partial charge < -0.3 is 19.9 Å². The van der Waals surface area contributed by atoms with Crippen molar-refractivity contribution in [1.82, 2.24) is 10.2 Å². The Labute approximate surface area is 194 Å². The monoisotopic (exact) mass is 474 g/mol. The lowest BCUT2D eigenvalue weighted by atomic mass is 10.1. The molecule has 2 aromatic carbocycles. The number of carbonyl (C=O) groups excluding carboxylic acids is 2. The maximum Gasteiger partial charge on any atom is 0.325 e. The highest BCUT2D eigenvalue weighted by atomic mass is 32.2. The minimum atomic E-state index is -3.89. The van der Waals surface area contributed by atoms with E-state index in [0.29, 0.717) is 30.0 Å². The van der Waals surface area contributed by atoms with Gasteiger partial charge in [-0.2, -0.15) is 0 Å². The Morgan fingerprint density at radius 3 is 2.52 bits per heavy atom. The fraction of sp³-hybridized carbons (Fsp3) is 0.391. The first-order chi connectivity index (χ1) is 15.7. The van der Waals surface area contributed by atoms with Crippen LogP contribution in [0, 0.1) is 6.92 Å². The van der Waals surface area contributed by atoms with Crippen LogP contribution < -0.4 is 14.9 Å².